The molecule has 15 heavy (non-hydrogen) atoms. The van der Waals surface area contributed by atoms with Gasteiger partial charge in [-0.05, 0) is 38.9 Å². The van der Waals surface area contributed by atoms with Gasteiger partial charge in [0.15, 0.2) is 0 Å². The fourth-order valence-electron chi connectivity index (χ4n) is 1.61. The van der Waals surface area contributed by atoms with Crippen LogP contribution in [0.5, 0.6) is 0 Å². The van der Waals surface area contributed by atoms with Gasteiger partial charge in [-0.2, -0.15) is 0 Å². The summed E-state index contributed by atoms with van der Waals surface area (Å²) >= 11 is 0. The van der Waals surface area contributed by atoms with Crippen molar-refractivity contribution in [3.8, 4) is 0 Å². The lowest BCUT2D eigenvalue weighted by molar-refractivity contribution is 0.558. The molecule has 0 saturated carbocycles. The topological polar surface area (TPSA) is 34.0 Å². The summed E-state index contributed by atoms with van der Waals surface area (Å²) in [6.07, 6.45) is 2.17. The summed E-state index contributed by atoms with van der Waals surface area (Å²) in [5, 5.41) is 3.28. The molecule has 1 N–H and O–H groups in total. The van der Waals surface area contributed by atoms with Gasteiger partial charge in [0.05, 0.1) is 0 Å². The fraction of sp³-hybridized carbons (Fsp3) is 0.583. The second-order valence-corrected chi connectivity index (χ2v) is 3.72. The number of hydrogen-bond donors (Lipinski definition) is 1. The molecule has 3 heteroatoms. The van der Waals surface area contributed by atoms with Gasteiger partial charge in [0.1, 0.15) is 0 Å². The van der Waals surface area contributed by atoms with Gasteiger partial charge in [0, 0.05) is 18.3 Å². The molecule has 0 amide bonds. The Labute approximate surface area is 91.1 Å². The number of unbranched alkanes of at least 4 members (excludes halogenated alkanes) is 1. The van der Waals surface area contributed by atoms with Gasteiger partial charge in [-0.15, -0.1) is 0 Å². The highest BCUT2D eigenvalue weighted by molar-refractivity contribution is 5.04. The van der Waals surface area contributed by atoms with Gasteiger partial charge in [-0.1, -0.05) is 13.0 Å². The molecular formula is C12H20N2O. The van der Waals surface area contributed by atoms with E-state index < -0.39 is 0 Å². The van der Waals surface area contributed by atoms with Crippen LogP contribution in [0.25, 0.3) is 0 Å². The lowest BCUT2D eigenvalue weighted by Crippen LogP contribution is -2.22. The Hall–Kier alpha value is -1.09. The molecule has 0 unspecified atom stereocenters. The fourth-order valence-corrected chi connectivity index (χ4v) is 1.61. The van der Waals surface area contributed by atoms with Crippen LogP contribution in [-0.2, 0) is 6.54 Å². The first-order chi connectivity index (χ1) is 7.25. The number of aromatic nitrogens is 1. The van der Waals surface area contributed by atoms with Crippen molar-refractivity contribution in [3.63, 3.8) is 0 Å². The van der Waals surface area contributed by atoms with E-state index in [2.05, 4.69) is 12.2 Å². The van der Waals surface area contributed by atoms with E-state index in [1.54, 1.807) is 6.07 Å². The van der Waals surface area contributed by atoms with Crippen LogP contribution in [0.1, 0.15) is 25.5 Å². The summed E-state index contributed by atoms with van der Waals surface area (Å²) in [4.78, 5) is 11.5. The first kappa shape index (κ1) is 12.0. The van der Waals surface area contributed by atoms with Crippen molar-refractivity contribution in [1.29, 1.82) is 0 Å². The average Bonchev–Trinajstić information content (AvgIpc) is 2.21. The van der Waals surface area contributed by atoms with E-state index in [0.717, 1.165) is 38.2 Å². The molecule has 84 valence electrons. The van der Waals surface area contributed by atoms with Crippen molar-refractivity contribution in [2.45, 2.75) is 33.2 Å². The minimum absolute atomic E-state index is 0.110. The Bertz CT molecular complexity index is 344. The van der Waals surface area contributed by atoms with Crippen LogP contribution >= 0.6 is 0 Å². The van der Waals surface area contributed by atoms with Gasteiger partial charge >= 0.3 is 0 Å². The van der Waals surface area contributed by atoms with Crippen LogP contribution in [0.15, 0.2) is 23.0 Å². The van der Waals surface area contributed by atoms with E-state index in [1.165, 1.54) is 0 Å². The molecule has 1 aromatic heterocycles. The molecule has 0 radical (unpaired) electrons. The van der Waals surface area contributed by atoms with Gasteiger partial charge in [-0.3, -0.25) is 4.79 Å². The van der Waals surface area contributed by atoms with Crippen LogP contribution in [0.3, 0.4) is 0 Å². The molecule has 0 fully saturated rings. The molecule has 0 aromatic carbocycles. The third kappa shape index (κ3) is 3.88. The molecule has 0 spiro atoms. The predicted molar refractivity (Wildman–Crippen MR) is 63.2 cm³/mol. The summed E-state index contributed by atoms with van der Waals surface area (Å²) < 4.78 is 1.84. The summed E-state index contributed by atoms with van der Waals surface area (Å²) in [5.74, 6) is 0. The second-order valence-electron chi connectivity index (χ2n) is 3.72. The molecular weight excluding hydrogens is 188 g/mol. The standard InChI is InChI=1S/C12H20N2O/c1-3-13-9-4-5-10-14-11(2)7-6-8-12(14)15/h6-8,13H,3-5,9-10H2,1-2H3. The van der Waals surface area contributed by atoms with Gasteiger partial charge < -0.3 is 9.88 Å². The molecule has 0 saturated heterocycles. The molecule has 0 bridgehead atoms. The maximum atomic E-state index is 11.5. The van der Waals surface area contributed by atoms with Crippen LogP contribution in [0.4, 0.5) is 0 Å². The van der Waals surface area contributed by atoms with E-state index in [-0.39, 0.29) is 5.56 Å². The van der Waals surface area contributed by atoms with Crippen molar-refractivity contribution in [3.05, 3.63) is 34.2 Å². The molecule has 3 nitrogen and oxygen atoms in total. The van der Waals surface area contributed by atoms with Crippen molar-refractivity contribution in [2.75, 3.05) is 13.1 Å². The Kier molecular flexibility index (Phi) is 5.12. The predicted octanol–water partition coefficient (Wildman–Crippen LogP) is 1.55. The highest BCUT2D eigenvalue weighted by Gasteiger charge is 1.97. The average molecular weight is 208 g/mol. The first-order valence-electron chi connectivity index (χ1n) is 5.63. The monoisotopic (exact) mass is 208 g/mol. The normalized spacial score (nSPS) is 10.5. The largest absolute Gasteiger partial charge is 0.317 e. The lowest BCUT2D eigenvalue weighted by atomic mass is 10.3. The zero-order valence-corrected chi connectivity index (χ0v) is 9.62. The van der Waals surface area contributed by atoms with Crippen molar-refractivity contribution in [1.82, 2.24) is 9.88 Å². The molecule has 0 aliphatic heterocycles. The van der Waals surface area contributed by atoms with Crippen LogP contribution in [0.2, 0.25) is 0 Å². The summed E-state index contributed by atoms with van der Waals surface area (Å²) in [6.45, 7) is 6.97. The molecule has 1 rings (SSSR count). The smallest absolute Gasteiger partial charge is 0.250 e. The molecule has 0 atom stereocenters. The van der Waals surface area contributed by atoms with Crippen molar-refractivity contribution in [2.24, 2.45) is 0 Å². The van der Waals surface area contributed by atoms with Gasteiger partial charge in [0.25, 0.3) is 5.56 Å². The van der Waals surface area contributed by atoms with Crippen LogP contribution < -0.4 is 10.9 Å². The number of pyridine rings is 1. The highest BCUT2D eigenvalue weighted by atomic mass is 16.1. The highest BCUT2D eigenvalue weighted by Crippen LogP contribution is 1.97. The second kappa shape index (κ2) is 6.40. The van der Waals surface area contributed by atoms with Gasteiger partial charge in [0.2, 0.25) is 0 Å². The Morgan fingerprint density at radius 2 is 2.13 bits per heavy atom. The summed E-state index contributed by atoms with van der Waals surface area (Å²) in [5.41, 5.74) is 1.16. The third-order valence-corrected chi connectivity index (χ3v) is 2.50. The first-order valence-corrected chi connectivity index (χ1v) is 5.63. The SMILES string of the molecule is CCNCCCCn1c(C)cccc1=O. The minimum Gasteiger partial charge on any atom is -0.317 e. The number of rotatable bonds is 6. The van der Waals surface area contributed by atoms with E-state index in [9.17, 15) is 4.79 Å². The number of nitrogens with one attached hydrogen (secondary N) is 1. The van der Waals surface area contributed by atoms with Crippen molar-refractivity contribution >= 4 is 0 Å². The Morgan fingerprint density at radius 3 is 2.80 bits per heavy atom. The molecule has 0 aliphatic carbocycles. The maximum absolute atomic E-state index is 11.5. The van der Waals surface area contributed by atoms with E-state index in [0.29, 0.717) is 0 Å². The Morgan fingerprint density at radius 1 is 1.33 bits per heavy atom. The molecule has 1 heterocycles. The Balaban J connectivity index is 2.40. The van der Waals surface area contributed by atoms with E-state index in [4.69, 9.17) is 0 Å². The summed E-state index contributed by atoms with van der Waals surface area (Å²) in [6, 6.07) is 5.41. The molecule has 1 aromatic rings. The van der Waals surface area contributed by atoms with Crippen LogP contribution in [-0.4, -0.2) is 17.7 Å². The zero-order chi connectivity index (χ0) is 11.1. The van der Waals surface area contributed by atoms with Gasteiger partial charge in [-0.25, -0.2) is 0 Å². The van der Waals surface area contributed by atoms with Crippen molar-refractivity contribution < 1.29 is 0 Å². The number of nitrogens with zero attached hydrogens (tertiary/aromatic N) is 1. The third-order valence-electron chi connectivity index (χ3n) is 2.50. The maximum Gasteiger partial charge on any atom is 0.250 e. The minimum atomic E-state index is 0.110. The summed E-state index contributed by atoms with van der Waals surface area (Å²) in [7, 11) is 0. The van der Waals surface area contributed by atoms with Crippen LogP contribution in [0, 0.1) is 6.92 Å². The van der Waals surface area contributed by atoms with E-state index in [1.807, 2.05) is 23.6 Å². The molecule has 0 aliphatic rings. The number of hydrogen-bond acceptors (Lipinski definition) is 2. The lowest BCUT2D eigenvalue weighted by Gasteiger charge is -2.08. The van der Waals surface area contributed by atoms with E-state index >= 15 is 0 Å². The zero-order valence-electron chi connectivity index (χ0n) is 9.62. The quantitative estimate of drug-likeness (QED) is 0.720. The number of aryl methyl sites for hydroxylation is 1.